The van der Waals surface area contributed by atoms with Crippen molar-refractivity contribution in [1.29, 1.82) is 0 Å². The fraction of sp³-hybridized carbons (Fsp3) is 0.263. The number of hydrogen-bond acceptors (Lipinski definition) is 4. The molecule has 1 aliphatic rings. The van der Waals surface area contributed by atoms with Crippen LogP contribution in [0.4, 0.5) is 0 Å². The largest absolute Gasteiger partial charge is 0.287 e. The number of carbonyl (C=O) groups is 2. The molecule has 6 nitrogen and oxygen atoms in total. The Morgan fingerprint density at radius 2 is 1.69 bits per heavy atom. The molecule has 0 bridgehead atoms. The molecular formula is C19H17ClN2O4. The van der Waals surface area contributed by atoms with Gasteiger partial charge < -0.3 is 0 Å². The summed E-state index contributed by atoms with van der Waals surface area (Å²) in [7, 11) is 0. The van der Waals surface area contributed by atoms with Gasteiger partial charge in [0.1, 0.15) is 0 Å². The SMILES string of the molecule is O=C(C[N+](=O)[O-])c1ccc(C(C(=O)NCl)C2Cc3ccccc3C2)cc1. The fourth-order valence-corrected chi connectivity index (χ4v) is 3.73. The highest BCUT2D eigenvalue weighted by atomic mass is 35.5. The van der Waals surface area contributed by atoms with Crippen LogP contribution in [0.25, 0.3) is 0 Å². The van der Waals surface area contributed by atoms with E-state index in [0.717, 1.165) is 18.4 Å². The van der Waals surface area contributed by atoms with Crippen LogP contribution in [-0.2, 0) is 17.6 Å². The molecule has 0 fully saturated rings. The summed E-state index contributed by atoms with van der Waals surface area (Å²) in [4.78, 5) is 36.2. The number of hydrogen-bond donors (Lipinski definition) is 1. The number of Topliss-reactive ketones (excluding diaryl/α,β-unsaturated/α-hetero) is 1. The molecule has 7 heteroatoms. The highest BCUT2D eigenvalue weighted by molar-refractivity contribution is 6.22. The molecular weight excluding hydrogens is 356 g/mol. The molecule has 1 amide bonds. The van der Waals surface area contributed by atoms with E-state index in [2.05, 4.69) is 17.0 Å². The first-order valence-electron chi connectivity index (χ1n) is 8.22. The van der Waals surface area contributed by atoms with Crippen LogP contribution in [0.2, 0.25) is 0 Å². The number of nitro groups is 1. The third-order valence-corrected chi connectivity index (χ3v) is 4.98. The molecule has 3 rings (SSSR count). The van der Waals surface area contributed by atoms with E-state index in [1.165, 1.54) is 23.3 Å². The zero-order valence-corrected chi connectivity index (χ0v) is 14.6. The van der Waals surface area contributed by atoms with Crippen molar-refractivity contribution in [3.8, 4) is 0 Å². The van der Waals surface area contributed by atoms with Gasteiger partial charge in [0.25, 0.3) is 6.54 Å². The molecule has 0 heterocycles. The van der Waals surface area contributed by atoms with Crippen LogP contribution in [0, 0.1) is 16.0 Å². The quantitative estimate of drug-likeness (QED) is 0.365. The second-order valence-corrected chi connectivity index (χ2v) is 6.60. The maximum atomic E-state index is 12.4. The van der Waals surface area contributed by atoms with Crippen molar-refractivity contribution in [3.63, 3.8) is 0 Å². The lowest BCUT2D eigenvalue weighted by molar-refractivity contribution is -0.465. The molecule has 1 unspecified atom stereocenters. The van der Waals surface area contributed by atoms with Gasteiger partial charge in [-0.3, -0.25) is 24.5 Å². The van der Waals surface area contributed by atoms with Gasteiger partial charge in [-0.15, -0.1) is 0 Å². The summed E-state index contributed by atoms with van der Waals surface area (Å²) in [5.74, 6) is -1.26. The summed E-state index contributed by atoms with van der Waals surface area (Å²) in [6.45, 7) is -0.747. The van der Waals surface area contributed by atoms with Crippen LogP contribution in [0.15, 0.2) is 48.5 Å². The first-order valence-corrected chi connectivity index (χ1v) is 8.59. The number of fused-ring (bicyclic) bond motifs is 1. The lowest BCUT2D eigenvalue weighted by Gasteiger charge is -2.22. The number of amides is 1. The predicted octanol–water partition coefficient (Wildman–Crippen LogP) is 2.91. The highest BCUT2D eigenvalue weighted by Crippen LogP contribution is 2.37. The summed E-state index contributed by atoms with van der Waals surface area (Å²) < 4.78 is 0. The molecule has 2 aromatic rings. The fourth-order valence-electron chi connectivity index (χ4n) is 3.61. The van der Waals surface area contributed by atoms with Crippen molar-refractivity contribution in [2.45, 2.75) is 18.8 Å². The molecule has 0 saturated carbocycles. The van der Waals surface area contributed by atoms with Gasteiger partial charge in [0.2, 0.25) is 11.7 Å². The molecule has 0 spiro atoms. The van der Waals surface area contributed by atoms with Gasteiger partial charge in [0.15, 0.2) is 0 Å². The molecule has 0 aliphatic heterocycles. The Labute approximate surface area is 155 Å². The number of rotatable bonds is 6. The van der Waals surface area contributed by atoms with Crippen molar-refractivity contribution < 1.29 is 14.5 Å². The Bertz CT molecular complexity index is 826. The van der Waals surface area contributed by atoms with Crippen molar-refractivity contribution in [1.82, 2.24) is 4.84 Å². The molecule has 1 N–H and O–H groups in total. The monoisotopic (exact) mass is 372 g/mol. The van der Waals surface area contributed by atoms with Crippen molar-refractivity contribution in [2.24, 2.45) is 5.92 Å². The Hall–Kier alpha value is -2.73. The number of ketones is 1. The van der Waals surface area contributed by atoms with E-state index in [1.807, 2.05) is 12.1 Å². The standard InChI is InChI=1S/C19H17ClN2O4/c20-21-19(24)18(16-9-14-3-1-2-4-15(14)10-16)13-7-5-12(6-8-13)17(23)11-22(25)26/h1-8,16,18H,9-11H2,(H,21,24). The molecule has 1 atom stereocenters. The van der Waals surface area contributed by atoms with Gasteiger partial charge in [-0.2, -0.15) is 0 Å². The van der Waals surface area contributed by atoms with E-state index >= 15 is 0 Å². The van der Waals surface area contributed by atoms with Crippen LogP contribution in [-0.4, -0.2) is 23.2 Å². The smallest absolute Gasteiger partial charge is 0.265 e. The lowest BCUT2D eigenvalue weighted by Crippen LogP contribution is -2.29. The maximum Gasteiger partial charge on any atom is 0.265 e. The normalized spacial score (nSPS) is 14.5. The third-order valence-electron chi connectivity index (χ3n) is 4.79. The van der Waals surface area contributed by atoms with Gasteiger partial charge in [0.05, 0.1) is 5.92 Å². The predicted molar refractivity (Wildman–Crippen MR) is 96.7 cm³/mol. The maximum absolute atomic E-state index is 12.4. The molecule has 0 aromatic heterocycles. The van der Waals surface area contributed by atoms with Gasteiger partial charge >= 0.3 is 0 Å². The minimum Gasteiger partial charge on any atom is -0.287 e. The average molecular weight is 373 g/mol. The zero-order valence-electron chi connectivity index (χ0n) is 13.9. The number of carbonyl (C=O) groups excluding carboxylic acids is 2. The van der Waals surface area contributed by atoms with Gasteiger partial charge in [-0.1, -0.05) is 48.5 Å². The molecule has 0 radical (unpaired) electrons. The van der Waals surface area contributed by atoms with Crippen LogP contribution in [0.1, 0.15) is 33.0 Å². The Morgan fingerprint density at radius 3 is 2.19 bits per heavy atom. The van der Waals surface area contributed by atoms with Crippen LogP contribution < -0.4 is 4.84 Å². The minimum absolute atomic E-state index is 0.0616. The van der Waals surface area contributed by atoms with E-state index < -0.39 is 23.2 Å². The molecule has 1 aliphatic carbocycles. The van der Waals surface area contributed by atoms with Crippen molar-refractivity contribution >= 4 is 23.5 Å². The van der Waals surface area contributed by atoms with E-state index in [4.69, 9.17) is 11.8 Å². The molecule has 134 valence electrons. The average Bonchev–Trinajstić information content (AvgIpc) is 3.05. The first kappa shape index (κ1) is 18.1. The third kappa shape index (κ3) is 3.75. The van der Waals surface area contributed by atoms with Gasteiger partial charge in [0, 0.05) is 22.3 Å². The number of benzene rings is 2. The number of halogens is 1. The van der Waals surface area contributed by atoms with E-state index in [1.54, 1.807) is 12.1 Å². The second kappa shape index (κ2) is 7.66. The van der Waals surface area contributed by atoms with Crippen molar-refractivity contribution in [2.75, 3.05) is 6.54 Å². The van der Waals surface area contributed by atoms with Gasteiger partial charge in [-0.25, -0.2) is 0 Å². The molecule has 0 saturated heterocycles. The lowest BCUT2D eigenvalue weighted by atomic mass is 9.83. The topological polar surface area (TPSA) is 89.3 Å². The van der Waals surface area contributed by atoms with Crippen LogP contribution in [0.5, 0.6) is 0 Å². The Kier molecular flexibility index (Phi) is 5.32. The van der Waals surface area contributed by atoms with E-state index in [0.29, 0.717) is 0 Å². The second-order valence-electron chi connectivity index (χ2n) is 6.41. The van der Waals surface area contributed by atoms with E-state index in [-0.39, 0.29) is 17.4 Å². The summed E-state index contributed by atoms with van der Waals surface area (Å²) in [6.07, 6.45) is 1.54. The van der Waals surface area contributed by atoms with Crippen LogP contribution in [0.3, 0.4) is 0 Å². The van der Waals surface area contributed by atoms with Crippen LogP contribution >= 0.6 is 11.8 Å². The highest BCUT2D eigenvalue weighted by Gasteiger charge is 2.34. The Morgan fingerprint density at radius 1 is 1.12 bits per heavy atom. The van der Waals surface area contributed by atoms with E-state index in [9.17, 15) is 19.7 Å². The number of nitrogens with zero attached hydrogens (tertiary/aromatic N) is 1. The molecule has 26 heavy (non-hydrogen) atoms. The number of nitrogens with one attached hydrogen (secondary N) is 1. The summed E-state index contributed by atoms with van der Waals surface area (Å²) in [5.41, 5.74) is 3.44. The Balaban J connectivity index is 1.84. The van der Waals surface area contributed by atoms with Gasteiger partial charge in [-0.05, 0) is 35.4 Å². The first-order chi connectivity index (χ1) is 12.5. The zero-order chi connectivity index (χ0) is 18.7. The summed E-state index contributed by atoms with van der Waals surface area (Å²) in [6, 6.07) is 14.5. The minimum atomic E-state index is -0.747. The van der Waals surface area contributed by atoms with Crippen molar-refractivity contribution in [3.05, 3.63) is 80.9 Å². The summed E-state index contributed by atoms with van der Waals surface area (Å²) in [5, 5.41) is 10.5. The summed E-state index contributed by atoms with van der Waals surface area (Å²) >= 11 is 5.60. The molecule has 2 aromatic carbocycles.